The van der Waals surface area contributed by atoms with Gasteiger partial charge in [0.05, 0.1) is 30.5 Å². The standard InChI is InChI=1S/C35H64O6/c1-3-4-5-6-7-8-9-10-14-17-23-31(37)33-25-26-34(41-33)32(38)24-19-18-22-30(36)21-16-13-11-12-15-20-29-27-28(2)40-35(29)39/h27-28,30-34,36-38H,3-26H2,1-2H3/t28-,30?,31+,32+,33+,34+/m0/s1. The van der Waals surface area contributed by atoms with Gasteiger partial charge < -0.3 is 24.8 Å². The number of aliphatic hydroxyl groups is 3. The second-order valence-electron chi connectivity index (χ2n) is 12.9. The van der Waals surface area contributed by atoms with Gasteiger partial charge in [-0.05, 0) is 64.4 Å². The lowest BCUT2D eigenvalue weighted by Crippen LogP contribution is -2.31. The van der Waals surface area contributed by atoms with E-state index in [9.17, 15) is 20.1 Å². The number of aliphatic hydroxyl groups excluding tert-OH is 3. The van der Waals surface area contributed by atoms with Gasteiger partial charge in [0.1, 0.15) is 6.10 Å². The van der Waals surface area contributed by atoms with E-state index in [4.69, 9.17) is 9.47 Å². The van der Waals surface area contributed by atoms with Crippen LogP contribution in [0.3, 0.4) is 0 Å². The molecule has 3 N–H and O–H groups in total. The van der Waals surface area contributed by atoms with Crippen molar-refractivity contribution in [2.24, 2.45) is 0 Å². The highest BCUT2D eigenvalue weighted by Crippen LogP contribution is 2.28. The van der Waals surface area contributed by atoms with Gasteiger partial charge in [0, 0.05) is 5.57 Å². The summed E-state index contributed by atoms with van der Waals surface area (Å²) in [5.74, 6) is -0.151. The maximum absolute atomic E-state index is 11.6. The van der Waals surface area contributed by atoms with Crippen molar-refractivity contribution in [1.82, 2.24) is 0 Å². The second kappa shape index (κ2) is 22.6. The minimum atomic E-state index is -0.480. The zero-order valence-electron chi connectivity index (χ0n) is 26.6. The zero-order chi connectivity index (χ0) is 29.7. The van der Waals surface area contributed by atoms with Gasteiger partial charge in [0.25, 0.3) is 0 Å². The minimum absolute atomic E-state index is 0.0754. The highest BCUT2D eigenvalue weighted by Gasteiger charge is 2.34. The van der Waals surface area contributed by atoms with E-state index in [2.05, 4.69) is 6.92 Å². The van der Waals surface area contributed by atoms with Crippen LogP contribution in [0.25, 0.3) is 0 Å². The molecule has 2 aliphatic rings. The molecule has 240 valence electrons. The van der Waals surface area contributed by atoms with E-state index in [-0.39, 0.29) is 30.4 Å². The number of cyclic esters (lactones) is 1. The molecule has 0 spiro atoms. The fourth-order valence-electron chi connectivity index (χ4n) is 6.39. The number of rotatable bonds is 26. The Kier molecular flexibility index (Phi) is 20.0. The van der Waals surface area contributed by atoms with Crippen LogP contribution in [-0.4, -0.2) is 57.9 Å². The molecule has 6 atom stereocenters. The Balaban J connectivity index is 1.39. The first kappa shape index (κ1) is 36.2. The normalized spacial score (nSPS) is 23.0. The molecule has 0 saturated carbocycles. The molecule has 1 saturated heterocycles. The Labute approximate surface area is 251 Å². The number of hydrogen-bond donors (Lipinski definition) is 3. The summed E-state index contributed by atoms with van der Waals surface area (Å²) in [6, 6.07) is 0. The molecular formula is C35H64O6. The molecular weight excluding hydrogens is 516 g/mol. The molecule has 2 aliphatic heterocycles. The number of unbranched alkanes of at least 4 members (excludes halogenated alkanes) is 14. The number of esters is 1. The van der Waals surface area contributed by atoms with Gasteiger partial charge in [-0.25, -0.2) is 4.79 Å². The molecule has 0 amide bonds. The van der Waals surface area contributed by atoms with Gasteiger partial charge in [-0.1, -0.05) is 110 Å². The van der Waals surface area contributed by atoms with Crippen molar-refractivity contribution in [2.45, 2.75) is 205 Å². The highest BCUT2D eigenvalue weighted by molar-refractivity contribution is 5.90. The number of carbonyl (C=O) groups excluding carboxylic acids is 1. The van der Waals surface area contributed by atoms with Gasteiger partial charge in [0.2, 0.25) is 0 Å². The van der Waals surface area contributed by atoms with Crippen molar-refractivity contribution in [3.05, 3.63) is 11.6 Å². The van der Waals surface area contributed by atoms with Crippen LogP contribution in [0.1, 0.15) is 168 Å². The fraction of sp³-hybridized carbons (Fsp3) is 0.914. The van der Waals surface area contributed by atoms with Crippen LogP contribution in [0, 0.1) is 0 Å². The SMILES string of the molecule is CCCCCCCCCCCC[C@@H](O)[C@H]1CC[C@H]([C@H](O)CCCCC(O)CCCCCCCC2=C[C@H](C)OC2=O)O1. The average molecular weight is 581 g/mol. The summed E-state index contributed by atoms with van der Waals surface area (Å²) >= 11 is 0. The lowest BCUT2D eigenvalue weighted by Gasteiger charge is -2.22. The molecule has 2 heterocycles. The smallest absolute Gasteiger partial charge is 0.334 e. The largest absolute Gasteiger partial charge is 0.455 e. The number of carbonyl (C=O) groups is 1. The van der Waals surface area contributed by atoms with Crippen molar-refractivity contribution in [2.75, 3.05) is 0 Å². The molecule has 41 heavy (non-hydrogen) atoms. The van der Waals surface area contributed by atoms with Crippen LogP contribution >= 0.6 is 0 Å². The monoisotopic (exact) mass is 580 g/mol. The molecule has 0 aliphatic carbocycles. The van der Waals surface area contributed by atoms with E-state index in [0.717, 1.165) is 95.5 Å². The summed E-state index contributed by atoms with van der Waals surface area (Å²) in [7, 11) is 0. The van der Waals surface area contributed by atoms with E-state index in [1.807, 2.05) is 13.0 Å². The maximum Gasteiger partial charge on any atom is 0.334 e. The van der Waals surface area contributed by atoms with Gasteiger partial charge in [-0.15, -0.1) is 0 Å². The minimum Gasteiger partial charge on any atom is -0.455 e. The van der Waals surface area contributed by atoms with E-state index >= 15 is 0 Å². The van der Waals surface area contributed by atoms with Crippen LogP contribution in [0.4, 0.5) is 0 Å². The lowest BCUT2D eigenvalue weighted by atomic mass is 9.99. The van der Waals surface area contributed by atoms with E-state index in [1.54, 1.807) is 0 Å². The third kappa shape index (κ3) is 16.5. The molecule has 1 unspecified atom stereocenters. The van der Waals surface area contributed by atoms with Crippen molar-refractivity contribution in [3.8, 4) is 0 Å². The Bertz CT molecular complexity index is 694. The molecule has 0 bridgehead atoms. The van der Waals surface area contributed by atoms with Crippen molar-refractivity contribution in [1.29, 1.82) is 0 Å². The summed E-state index contributed by atoms with van der Waals surface area (Å²) < 4.78 is 11.2. The summed E-state index contributed by atoms with van der Waals surface area (Å²) in [4.78, 5) is 11.6. The number of ether oxygens (including phenoxy) is 2. The lowest BCUT2D eigenvalue weighted by molar-refractivity contribution is -0.139. The third-order valence-electron chi connectivity index (χ3n) is 9.06. The van der Waals surface area contributed by atoms with Crippen molar-refractivity contribution < 1.29 is 29.6 Å². The van der Waals surface area contributed by atoms with Crippen LogP contribution in [-0.2, 0) is 14.3 Å². The molecule has 1 fully saturated rings. The highest BCUT2D eigenvalue weighted by atomic mass is 16.5. The predicted octanol–water partition coefficient (Wildman–Crippen LogP) is 8.09. The summed E-state index contributed by atoms with van der Waals surface area (Å²) in [6.07, 6.45) is 26.2. The summed E-state index contributed by atoms with van der Waals surface area (Å²) in [6.45, 7) is 4.15. The van der Waals surface area contributed by atoms with E-state index in [1.165, 1.54) is 57.8 Å². The van der Waals surface area contributed by atoms with Crippen molar-refractivity contribution in [3.63, 3.8) is 0 Å². The van der Waals surface area contributed by atoms with Crippen LogP contribution in [0.5, 0.6) is 0 Å². The first-order valence-corrected chi connectivity index (χ1v) is 17.5. The van der Waals surface area contributed by atoms with Gasteiger partial charge in [0.15, 0.2) is 0 Å². The van der Waals surface area contributed by atoms with Gasteiger partial charge in [-0.2, -0.15) is 0 Å². The summed E-state index contributed by atoms with van der Waals surface area (Å²) in [5, 5.41) is 31.5. The molecule has 6 heteroatoms. The molecule has 0 aromatic heterocycles. The van der Waals surface area contributed by atoms with Crippen LogP contribution in [0.15, 0.2) is 11.6 Å². The van der Waals surface area contributed by atoms with Gasteiger partial charge >= 0.3 is 5.97 Å². The molecule has 0 radical (unpaired) electrons. The molecule has 6 nitrogen and oxygen atoms in total. The summed E-state index contributed by atoms with van der Waals surface area (Å²) in [5.41, 5.74) is 0.828. The van der Waals surface area contributed by atoms with Crippen molar-refractivity contribution >= 4 is 5.97 Å². The molecule has 0 aromatic rings. The quantitative estimate of drug-likeness (QED) is 0.0707. The Morgan fingerprint density at radius 2 is 1.12 bits per heavy atom. The average Bonchev–Trinajstić information content (AvgIpc) is 3.57. The second-order valence-corrected chi connectivity index (χ2v) is 12.9. The van der Waals surface area contributed by atoms with E-state index < -0.39 is 12.2 Å². The predicted molar refractivity (Wildman–Crippen MR) is 167 cm³/mol. The number of hydrogen-bond acceptors (Lipinski definition) is 6. The Morgan fingerprint density at radius 3 is 1.63 bits per heavy atom. The maximum atomic E-state index is 11.6. The molecule has 0 aromatic carbocycles. The van der Waals surface area contributed by atoms with Crippen LogP contribution < -0.4 is 0 Å². The Morgan fingerprint density at radius 1 is 0.683 bits per heavy atom. The third-order valence-corrected chi connectivity index (χ3v) is 9.06. The molecule has 2 rings (SSSR count). The van der Waals surface area contributed by atoms with Gasteiger partial charge in [-0.3, -0.25) is 0 Å². The van der Waals surface area contributed by atoms with E-state index in [0.29, 0.717) is 6.42 Å². The fourth-order valence-corrected chi connectivity index (χ4v) is 6.39. The first-order valence-electron chi connectivity index (χ1n) is 17.5. The van der Waals surface area contributed by atoms with Crippen LogP contribution in [0.2, 0.25) is 0 Å². The zero-order valence-corrected chi connectivity index (χ0v) is 26.6. The topological polar surface area (TPSA) is 96.2 Å². The first-order chi connectivity index (χ1) is 19.9. The Hall–Kier alpha value is -0.950.